The van der Waals surface area contributed by atoms with Crippen molar-refractivity contribution in [3.63, 3.8) is 0 Å². The highest BCUT2D eigenvalue weighted by molar-refractivity contribution is 5.81. The number of rotatable bonds is 4. The van der Waals surface area contributed by atoms with Crippen molar-refractivity contribution >= 4 is 5.91 Å². The average molecular weight is 204 g/mol. The molecule has 0 radical (unpaired) electrons. The minimum Gasteiger partial charge on any atom is -0.352 e. The second kappa shape index (κ2) is 5.67. The van der Waals surface area contributed by atoms with Crippen molar-refractivity contribution in [1.82, 2.24) is 5.32 Å². The molecule has 0 aliphatic heterocycles. The summed E-state index contributed by atoms with van der Waals surface area (Å²) in [5, 5.41) is 5.99. The van der Waals surface area contributed by atoms with E-state index in [4.69, 9.17) is 5.53 Å². The van der Waals surface area contributed by atoms with Gasteiger partial charge in [-0.25, -0.2) is 0 Å². The summed E-state index contributed by atoms with van der Waals surface area (Å²) >= 11 is 0. The Labute approximate surface area is 87.7 Å². The first-order valence-corrected chi connectivity index (χ1v) is 4.60. The zero-order chi connectivity index (χ0) is 11.1. The Morgan fingerprint density at radius 1 is 1.53 bits per heavy atom. The molecule has 1 N–H and O–H groups in total. The molecule has 1 aromatic carbocycles. The molecule has 5 nitrogen and oxygen atoms in total. The maximum Gasteiger partial charge on any atom is 0.228 e. The molecular formula is C10H12N4O. The van der Waals surface area contributed by atoms with Gasteiger partial charge in [0, 0.05) is 11.5 Å². The zero-order valence-electron chi connectivity index (χ0n) is 8.42. The lowest BCUT2D eigenvalue weighted by Gasteiger charge is -2.06. The van der Waals surface area contributed by atoms with Crippen LogP contribution in [0, 0.1) is 0 Å². The highest BCUT2D eigenvalue weighted by Gasteiger charge is 2.09. The third-order valence-electron chi connectivity index (χ3n) is 1.91. The molecule has 0 aliphatic carbocycles. The van der Waals surface area contributed by atoms with Crippen molar-refractivity contribution in [2.75, 3.05) is 0 Å². The molecular weight excluding hydrogens is 192 g/mol. The van der Waals surface area contributed by atoms with Gasteiger partial charge < -0.3 is 5.32 Å². The molecule has 1 rings (SSSR count). The number of carbonyl (C=O) groups is 1. The van der Waals surface area contributed by atoms with E-state index in [2.05, 4.69) is 15.3 Å². The molecule has 0 fully saturated rings. The summed E-state index contributed by atoms with van der Waals surface area (Å²) in [6.45, 7) is 2.00. The molecule has 5 heteroatoms. The first-order chi connectivity index (χ1) is 7.24. The Hall–Kier alpha value is -2.00. The summed E-state index contributed by atoms with van der Waals surface area (Å²) in [5.74, 6) is -0.267. The molecule has 0 aromatic heterocycles. The van der Waals surface area contributed by atoms with Gasteiger partial charge in [0.2, 0.25) is 5.91 Å². The molecule has 0 saturated heterocycles. The maximum atomic E-state index is 11.3. The van der Waals surface area contributed by atoms with Crippen LogP contribution < -0.4 is 5.32 Å². The van der Waals surface area contributed by atoms with Gasteiger partial charge in [-0.3, -0.25) is 4.79 Å². The Morgan fingerprint density at radius 3 is 2.80 bits per heavy atom. The van der Waals surface area contributed by atoms with Gasteiger partial charge in [0.1, 0.15) is 6.04 Å². The molecule has 0 aliphatic rings. The molecule has 0 heterocycles. The summed E-state index contributed by atoms with van der Waals surface area (Å²) < 4.78 is 0. The van der Waals surface area contributed by atoms with Crippen molar-refractivity contribution in [3.8, 4) is 0 Å². The number of nitrogens with one attached hydrogen (secondary N) is 1. The lowest BCUT2D eigenvalue weighted by atomic mass is 10.2. The molecule has 0 spiro atoms. The van der Waals surface area contributed by atoms with Crippen molar-refractivity contribution in [3.05, 3.63) is 46.3 Å². The van der Waals surface area contributed by atoms with Gasteiger partial charge in [-0.15, -0.1) is 0 Å². The van der Waals surface area contributed by atoms with Crippen molar-refractivity contribution in [1.29, 1.82) is 0 Å². The van der Waals surface area contributed by atoms with Crippen LogP contribution in [0.4, 0.5) is 0 Å². The predicted molar refractivity (Wildman–Crippen MR) is 56.9 cm³/mol. The number of carbonyl (C=O) groups excluding carboxylic acids is 1. The molecule has 1 amide bonds. The van der Waals surface area contributed by atoms with Crippen LogP contribution in [-0.4, -0.2) is 11.9 Å². The Morgan fingerprint density at radius 2 is 2.20 bits per heavy atom. The Kier molecular flexibility index (Phi) is 4.19. The number of hydrogen-bond acceptors (Lipinski definition) is 2. The number of amides is 1. The summed E-state index contributed by atoms with van der Waals surface area (Å²) in [7, 11) is 0. The third-order valence-corrected chi connectivity index (χ3v) is 1.91. The molecule has 1 atom stereocenters. The fourth-order valence-electron chi connectivity index (χ4n) is 1.06. The van der Waals surface area contributed by atoms with Crippen LogP contribution in [-0.2, 0) is 11.3 Å². The van der Waals surface area contributed by atoms with E-state index in [1.54, 1.807) is 6.92 Å². The van der Waals surface area contributed by atoms with E-state index < -0.39 is 6.04 Å². The highest BCUT2D eigenvalue weighted by atomic mass is 16.2. The lowest BCUT2D eigenvalue weighted by molar-refractivity contribution is -0.122. The fraction of sp³-hybridized carbons (Fsp3) is 0.300. The standard InChI is InChI=1S/C10H12N4O/c1-8(13-14-11)10(15)12-7-9-5-3-2-4-6-9/h2-6,8H,7H2,1H3,(H,12,15)/t8-/m1/s1. The maximum absolute atomic E-state index is 11.3. The van der Waals surface area contributed by atoms with E-state index in [1.807, 2.05) is 30.3 Å². The zero-order valence-corrected chi connectivity index (χ0v) is 8.42. The van der Waals surface area contributed by atoms with Gasteiger partial charge in [0.05, 0.1) is 0 Å². The highest BCUT2D eigenvalue weighted by Crippen LogP contribution is 1.98. The van der Waals surface area contributed by atoms with Crippen molar-refractivity contribution in [2.24, 2.45) is 5.11 Å². The van der Waals surface area contributed by atoms with Crippen LogP contribution in [0.15, 0.2) is 35.4 Å². The molecule has 78 valence electrons. The topological polar surface area (TPSA) is 77.9 Å². The minimum atomic E-state index is -0.668. The van der Waals surface area contributed by atoms with E-state index in [9.17, 15) is 4.79 Å². The second-order valence-electron chi connectivity index (χ2n) is 3.08. The van der Waals surface area contributed by atoms with E-state index in [0.29, 0.717) is 6.54 Å². The molecule has 0 saturated carbocycles. The summed E-state index contributed by atoms with van der Waals surface area (Å²) in [5.41, 5.74) is 9.16. The number of nitrogens with zero attached hydrogens (tertiary/aromatic N) is 3. The van der Waals surface area contributed by atoms with Gasteiger partial charge in [0.15, 0.2) is 0 Å². The van der Waals surface area contributed by atoms with Crippen LogP contribution in [0.25, 0.3) is 10.4 Å². The predicted octanol–water partition coefficient (Wildman–Crippen LogP) is 2.00. The second-order valence-corrected chi connectivity index (χ2v) is 3.08. The fourth-order valence-corrected chi connectivity index (χ4v) is 1.06. The Bertz CT molecular complexity index is 370. The monoisotopic (exact) mass is 204 g/mol. The third kappa shape index (κ3) is 3.70. The van der Waals surface area contributed by atoms with Gasteiger partial charge >= 0.3 is 0 Å². The summed E-state index contributed by atoms with van der Waals surface area (Å²) in [6, 6.07) is 8.88. The van der Waals surface area contributed by atoms with E-state index in [-0.39, 0.29) is 5.91 Å². The van der Waals surface area contributed by atoms with E-state index in [1.165, 1.54) is 0 Å². The van der Waals surface area contributed by atoms with E-state index >= 15 is 0 Å². The van der Waals surface area contributed by atoms with Gasteiger partial charge in [-0.2, -0.15) is 0 Å². The number of hydrogen-bond donors (Lipinski definition) is 1. The Balaban J connectivity index is 2.44. The van der Waals surface area contributed by atoms with Gasteiger partial charge in [-0.05, 0) is 18.0 Å². The largest absolute Gasteiger partial charge is 0.352 e. The average Bonchev–Trinajstić information content (AvgIpc) is 2.27. The smallest absolute Gasteiger partial charge is 0.228 e. The molecule has 1 aromatic rings. The first-order valence-electron chi connectivity index (χ1n) is 4.60. The number of benzene rings is 1. The van der Waals surface area contributed by atoms with Gasteiger partial charge in [0.25, 0.3) is 0 Å². The summed E-state index contributed by atoms with van der Waals surface area (Å²) in [4.78, 5) is 13.9. The molecule has 0 bridgehead atoms. The van der Waals surface area contributed by atoms with Crippen molar-refractivity contribution in [2.45, 2.75) is 19.5 Å². The lowest BCUT2D eigenvalue weighted by Crippen LogP contribution is -2.30. The van der Waals surface area contributed by atoms with Crippen molar-refractivity contribution < 1.29 is 4.79 Å². The van der Waals surface area contributed by atoms with E-state index in [0.717, 1.165) is 5.56 Å². The van der Waals surface area contributed by atoms with Crippen LogP contribution in [0.1, 0.15) is 12.5 Å². The van der Waals surface area contributed by atoms with Gasteiger partial charge in [-0.1, -0.05) is 35.4 Å². The van der Waals surface area contributed by atoms with Crippen LogP contribution >= 0.6 is 0 Å². The number of azide groups is 1. The normalized spacial score (nSPS) is 11.3. The minimum absolute atomic E-state index is 0.267. The first kappa shape index (κ1) is 11.1. The van der Waals surface area contributed by atoms with Crippen LogP contribution in [0.3, 0.4) is 0 Å². The quantitative estimate of drug-likeness (QED) is 0.454. The van der Waals surface area contributed by atoms with Crippen LogP contribution in [0.5, 0.6) is 0 Å². The van der Waals surface area contributed by atoms with Crippen LogP contribution in [0.2, 0.25) is 0 Å². The summed E-state index contributed by atoms with van der Waals surface area (Å²) in [6.07, 6.45) is 0. The SMILES string of the molecule is C[C@@H](N=[N+]=[N-])C(=O)NCc1ccccc1. The molecule has 0 unspecified atom stereocenters. The molecule has 15 heavy (non-hydrogen) atoms.